The van der Waals surface area contributed by atoms with E-state index in [4.69, 9.17) is 9.47 Å². The number of nitrogens with zero attached hydrogens (tertiary/aromatic N) is 2. The lowest BCUT2D eigenvalue weighted by molar-refractivity contribution is -0.252. The first kappa shape index (κ1) is 35.0. The smallest absolute Gasteiger partial charge is 0.315 e. The van der Waals surface area contributed by atoms with E-state index in [2.05, 4.69) is 88.2 Å². The molecular weight excluding hydrogens is 649 g/mol. The van der Waals surface area contributed by atoms with Crippen molar-refractivity contribution >= 4 is 6.03 Å². The van der Waals surface area contributed by atoms with Crippen molar-refractivity contribution in [3.63, 3.8) is 0 Å². The van der Waals surface area contributed by atoms with E-state index in [9.17, 15) is 9.90 Å². The van der Waals surface area contributed by atoms with E-state index in [1.54, 1.807) is 0 Å². The number of urea groups is 1. The van der Waals surface area contributed by atoms with Crippen LogP contribution >= 0.6 is 0 Å². The lowest BCUT2D eigenvalue weighted by Gasteiger charge is -2.56. The topological polar surface area (TPSA) is 96.0 Å². The fourth-order valence-corrected chi connectivity index (χ4v) is 9.82. The number of rotatable bonds is 12. The molecule has 0 radical (unpaired) electrons. The number of aromatic nitrogens is 1. The number of amides is 2. The number of hydrogen-bond donors (Lipinski definition) is 3. The van der Waals surface area contributed by atoms with E-state index >= 15 is 0 Å². The number of aliphatic hydroxyl groups excluding tert-OH is 1. The summed E-state index contributed by atoms with van der Waals surface area (Å²) >= 11 is 0. The van der Waals surface area contributed by atoms with E-state index in [0.717, 1.165) is 102 Å². The Morgan fingerprint density at radius 1 is 0.846 bits per heavy atom. The van der Waals surface area contributed by atoms with Crippen molar-refractivity contribution in [2.24, 2.45) is 17.8 Å². The minimum absolute atomic E-state index is 0.00655. The zero-order valence-electron chi connectivity index (χ0n) is 30.3. The molecule has 4 aromatic rings. The summed E-state index contributed by atoms with van der Waals surface area (Å²) in [6, 6.07) is 30.8. The van der Waals surface area contributed by atoms with Crippen molar-refractivity contribution in [1.82, 2.24) is 20.5 Å². The summed E-state index contributed by atoms with van der Waals surface area (Å²) < 4.78 is 13.3. The van der Waals surface area contributed by atoms with E-state index in [-0.39, 0.29) is 30.4 Å². The van der Waals surface area contributed by atoms with Gasteiger partial charge in [0.1, 0.15) is 0 Å². The first-order chi connectivity index (χ1) is 25.4. The highest BCUT2D eigenvalue weighted by Crippen LogP contribution is 2.55. The highest BCUT2D eigenvalue weighted by molar-refractivity contribution is 5.76. The van der Waals surface area contributed by atoms with Gasteiger partial charge < -0.3 is 30.1 Å². The maximum Gasteiger partial charge on any atom is 0.315 e. The summed E-state index contributed by atoms with van der Waals surface area (Å²) in [5, 5.41) is 16.3. The number of carbonyl (C=O) groups is 1. The van der Waals surface area contributed by atoms with Crippen LogP contribution < -0.4 is 10.6 Å². The molecular formula is C44H52N4O4. The lowest BCUT2D eigenvalue weighted by atomic mass is 9.53. The van der Waals surface area contributed by atoms with Crippen LogP contribution in [0.1, 0.15) is 85.3 Å². The number of nitrogens with one attached hydrogen (secondary N) is 2. The average molecular weight is 701 g/mol. The molecule has 3 N–H and O–H groups in total. The van der Waals surface area contributed by atoms with Crippen molar-refractivity contribution in [1.29, 1.82) is 0 Å². The molecule has 3 aromatic carbocycles. The summed E-state index contributed by atoms with van der Waals surface area (Å²) in [6.07, 6.45) is 10.3. The zero-order chi connectivity index (χ0) is 35.5. The molecule has 5 aliphatic rings. The molecule has 2 amide bonds. The van der Waals surface area contributed by atoms with Gasteiger partial charge in [-0.25, -0.2) is 4.79 Å². The quantitative estimate of drug-likeness (QED) is 0.140. The predicted molar refractivity (Wildman–Crippen MR) is 202 cm³/mol. The van der Waals surface area contributed by atoms with Crippen molar-refractivity contribution < 1.29 is 19.4 Å². The van der Waals surface area contributed by atoms with E-state index < -0.39 is 6.29 Å². The number of aliphatic hydroxyl groups is 1. The summed E-state index contributed by atoms with van der Waals surface area (Å²) in [5.41, 5.74) is 7.27. The average Bonchev–Trinajstić information content (AvgIpc) is 3.16. The highest BCUT2D eigenvalue weighted by atomic mass is 16.7. The number of carbonyl (C=O) groups excluding carboxylic acids is 1. The molecule has 1 saturated heterocycles. The molecule has 2 heterocycles. The third-order valence-electron chi connectivity index (χ3n) is 12.0. The van der Waals surface area contributed by atoms with Gasteiger partial charge in [0.25, 0.3) is 0 Å². The fourth-order valence-electron chi connectivity index (χ4n) is 9.82. The van der Waals surface area contributed by atoms with Gasteiger partial charge in [-0.05, 0) is 103 Å². The molecule has 4 bridgehead atoms. The Hall–Kier alpha value is -4.08. The van der Waals surface area contributed by atoms with Gasteiger partial charge in [0.05, 0.1) is 18.8 Å². The Balaban J connectivity index is 0.935. The zero-order valence-corrected chi connectivity index (χ0v) is 30.3. The van der Waals surface area contributed by atoms with Crippen LogP contribution in [0.25, 0.3) is 11.1 Å². The van der Waals surface area contributed by atoms with E-state index in [0.29, 0.717) is 6.54 Å². The van der Waals surface area contributed by atoms with E-state index in [1.807, 2.05) is 36.5 Å². The first-order valence-electron chi connectivity index (χ1n) is 19.2. The van der Waals surface area contributed by atoms with Gasteiger partial charge in [0.15, 0.2) is 6.29 Å². The van der Waals surface area contributed by atoms with Crippen molar-refractivity contribution in [2.75, 3.05) is 20.1 Å². The number of pyridine rings is 1. The van der Waals surface area contributed by atoms with Gasteiger partial charge >= 0.3 is 6.03 Å². The Kier molecular flexibility index (Phi) is 10.4. The maximum absolute atomic E-state index is 13.3. The SMILES string of the molecule is CN(CCc1ccccn1)CC1CC(c2ccc(CO)cc2)OC(c2ccc(-c3ccccc3CNC(=O)NC34CC5CC(CC(C5)C3)C4)cc2)O1. The van der Waals surface area contributed by atoms with Gasteiger partial charge in [0, 0.05) is 55.5 Å². The second-order valence-corrected chi connectivity index (χ2v) is 16.0. The van der Waals surface area contributed by atoms with Crippen LogP contribution in [0.4, 0.5) is 4.79 Å². The van der Waals surface area contributed by atoms with Crippen LogP contribution in [0.5, 0.6) is 0 Å². The summed E-state index contributed by atoms with van der Waals surface area (Å²) in [5.74, 6) is 2.37. The van der Waals surface area contributed by atoms with Gasteiger partial charge in [-0.15, -0.1) is 0 Å². The van der Waals surface area contributed by atoms with E-state index in [1.165, 1.54) is 19.3 Å². The number of hydrogen-bond acceptors (Lipinski definition) is 6. The van der Waals surface area contributed by atoms with Crippen LogP contribution in [-0.4, -0.2) is 52.8 Å². The molecule has 1 aliphatic heterocycles. The second-order valence-electron chi connectivity index (χ2n) is 16.0. The molecule has 272 valence electrons. The van der Waals surface area contributed by atoms with Crippen LogP contribution in [0.15, 0.2) is 97.2 Å². The Labute approximate surface area is 308 Å². The molecule has 9 rings (SSSR count). The van der Waals surface area contributed by atoms with Gasteiger partial charge in [-0.1, -0.05) is 78.9 Å². The summed E-state index contributed by atoms with van der Waals surface area (Å²) in [7, 11) is 2.13. The predicted octanol–water partition coefficient (Wildman–Crippen LogP) is 7.73. The van der Waals surface area contributed by atoms with Gasteiger partial charge in [-0.2, -0.15) is 0 Å². The molecule has 3 unspecified atom stereocenters. The largest absolute Gasteiger partial charge is 0.392 e. The fraction of sp³-hybridized carbons (Fsp3) is 0.455. The molecule has 3 atom stereocenters. The summed E-state index contributed by atoms with van der Waals surface area (Å²) in [4.78, 5) is 20.1. The molecule has 0 spiro atoms. The maximum atomic E-state index is 13.3. The minimum atomic E-state index is -0.523. The van der Waals surface area contributed by atoms with Crippen molar-refractivity contribution in [3.8, 4) is 11.1 Å². The van der Waals surface area contributed by atoms with Crippen LogP contribution in [0.2, 0.25) is 0 Å². The number of likely N-dealkylation sites (N-methyl/N-ethyl adjacent to an activating group) is 1. The normalized spacial score (nSPS) is 27.8. The number of benzene rings is 3. The molecule has 8 nitrogen and oxygen atoms in total. The van der Waals surface area contributed by atoms with Crippen LogP contribution in [-0.2, 0) is 29.0 Å². The molecule has 8 heteroatoms. The lowest BCUT2D eigenvalue weighted by Crippen LogP contribution is -2.61. The standard InChI is InChI=1S/C44H52N4O4/c1-48(19-17-38-7-4-5-18-45-38)28-39-23-41(35-11-9-30(29-49)10-12-35)52-42(51-39)36-15-13-34(14-16-36)40-8-3-2-6-37(40)27-46-43(50)47-44-24-31-20-32(25-44)22-33(21-31)26-44/h2-16,18,31-33,39,41-42,49H,17,19-29H2,1H3,(H2,46,47,50). The van der Waals surface area contributed by atoms with Gasteiger partial charge in [-0.3, -0.25) is 4.98 Å². The third-order valence-corrected chi connectivity index (χ3v) is 12.0. The van der Waals surface area contributed by atoms with Crippen molar-refractivity contribution in [2.45, 2.75) is 88.6 Å². The van der Waals surface area contributed by atoms with Crippen LogP contribution in [0, 0.1) is 17.8 Å². The van der Waals surface area contributed by atoms with Gasteiger partial charge in [0.2, 0.25) is 0 Å². The molecule has 4 aliphatic carbocycles. The monoisotopic (exact) mass is 700 g/mol. The third kappa shape index (κ3) is 8.11. The Morgan fingerprint density at radius 3 is 2.23 bits per heavy atom. The highest BCUT2D eigenvalue weighted by Gasteiger charge is 2.51. The Bertz CT molecular complexity index is 1760. The first-order valence-corrected chi connectivity index (χ1v) is 19.2. The number of ether oxygens (including phenoxy) is 2. The second kappa shape index (κ2) is 15.5. The molecule has 5 fully saturated rings. The Morgan fingerprint density at radius 2 is 1.54 bits per heavy atom. The minimum Gasteiger partial charge on any atom is -0.392 e. The molecule has 52 heavy (non-hydrogen) atoms. The summed E-state index contributed by atoms with van der Waals surface area (Å²) in [6.45, 7) is 2.14. The van der Waals surface area contributed by atoms with Crippen LogP contribution in [0.3, 0.4) is 0 Å². The van der Waals surface area contributed by atoms with Crippen molar-refractivity contribution in [3.05, 3.63) is 125 Å². The molecule has 4 saturated carbocycles. The molecule has 1 aromatic heterocycles.